The number of hydrogen-bond donors (Lipinski definition) is 2. The molecule has 2 heterocycles. The average molecular weight is 554 g/mol. The fourth-order valence-corrected chi connectivity index (χ4v) is 4.79. The van der Waals surface area contributed by atoms with Crippen molar-refractivity contribution < 1.29 is 38.3 Å². The maximum Gasteiger partial charge on any atom is 0.338 e. The molecule has 2 aromatic carbocycles. The fourth-order valence-electron chi connectivity index (χ4n) is 4.79. The molecule has 0 radical (unpaired) electrons. The molecule has 40 heavy (non-hydrogen) atoms. The fraction of sp³-hybridized carbons (Fsp3) is 0.452. The summed E-state index contributed by atoms with van der Waals surface area (Å²) >= 11 is 0. The van der Waals surface area contributed by atoms with Gasteiger partial charge in [-0.25, -0.2) is 4.79 Å². The van der Waals surface area contributed by atoms with Gasteiger partial charge in [0.2, 0.25) is 0 Å². The predicted molar refractivity (Wildman–Crippen MR) is 150 cm³/mol. The normalized spacial score (nSPS) is 28.2. The summed E-state index contributed by atoms with van der Waals surface area (Å²) in [4.78, 5) is 13.0. The van der Waals surface area contributed by atoms with Crippen LogP contribution in [0.2, 0.25) is 0 Å². The second-order valence-electron chi connectivity index (χ2n) is 10.5. The molecule has 2 aromatic rings. The summed E-state index contributed by atoms with van der Waals surface area (Å²) in [6.07, 6.45) is 4.46. The van der Waals surface area contributed by atoms with Crippen molar-refractivity contribution in [2.24, 2.45) is 5.92 Å². The van der Waals surface area contributed by atoms with E-state index in [4.69, 9.17) is 34.2 Å². The highest BCUT2D eigenvalue weighted by atomic mass is 16.8. The molecule has 3 N–H and O–H groups in total. The van der Waals surface area contributed by atoms with Crippen LogP contribution in [0.25, 0.3) is 6.08 Å². The molecule has 6 atom stereocenters. The largest absolute Gasteiger partial charge is 0.467 e. The minimum Gasteiger partial charge on any atom is -0.467 e. The summed E-state index contributed by atoms with van der Waals surface area (Å²) in [7, 11) is 1.51. The van der Waals surface area contributed by atoms with Crippen LogP contribution >= 0.6 is 0 Å². The number of ether oxygens (including phenoxy) is 6. The van der Waals surface area contributed by atoms with Gasteiger partial charge in [-0.15, -0.1) is 0 Å². The van der Waals surface area contributed by atoms with Crippen LogP contribution in [0.15, 0.2) is 60.7 Å². The highest BCUT2D eigenvalue weighted by Crippen LogP contribution is 2.37. The van der Waals surface area contributed by atoms with E-state index in [2.05, 4.69) is 0 Å². The smallest absolute Gasteiger partial charge is 0.338 e. The van der Waals surface area contributed by atoms with E-state index in [9.17, 15) is 9.90 Å². The number of nitrogens with two attached hydrogens (primary N) is 1. The molecule has 0 spiro atoms. The molecule has 4 rings (SSSR count). The molecule has 1 fully saturated rings. The molecule has 0 aliphatic carbocycles. The number of fused-ring (bicyclic) bond motifs is 2. The van der Waals surface area contributed by atoms with Gasteiger partial charge in [-0.05, 0) is 57.0 Å². The topological polar surface area (TPSA) is 119 Å². The Balaban J connectivity index is 1.72. The van der Waals surface area contributed by atoms with Crippen molar-refractivity contribution in [3.8, 4) is 5.75 Å². The Bertz CT molecular complexity index is 1210. The van der Waals surface area contributed by atoms with E-state index in [1.54, 1.807) is 36.4 Å². The van der Waals surface area contributed by atoms with E-state index >= 15 is 0 Å². The third kappa shape index (κ3) is 7.30. The van der Waals surface area contributed by atoms with Gasteiger partial charge < -0.3 is 39.3 Å². The molecule has 0 amide bonds. The number of esters is 1. The lowest BCUT2D eigenvalue weighted by Gasteiger charge is -2.27. The standard InChI is InChI=1S/C31H39NO8/c1-19-14-15-24(38-29(33)21-10-7-6-8-11-21)28-25(39-31(3,4)40-28)13-9-12-22-16-23(32)17-26(36-18-35-5)27(22)30(34)37-20(19)2/h6-12,14-17,19-20,24-25,28,30,34H,13,18,32H2,1-5H3/t19-,20+,24?,25+,28?,30+/m1/s1. The summed E-state index contributed by atoms with van der Waals surface area (Å²) in [5.41, 5.74) is 8.14. The molecular weight excluding hydrogens is 514 g/mol. The lowest BCUT2D eigenvalue weighted by atomic mass is 9.98. The lowest BCUT2D eigenvalue weighted by Crippen LogP contribution is -2.37. The number of rotatable bonds is 5. The molecule has 9 heteroatoms. The molecule has 1 saturated heterocycles. The molecular formula is C31H39NO8. The molecule has 2 aliphatic heterocycles. The van der Waals surface area contributed by atoms with Gasteiger partial charge in [0, 0.05) is 24.8 Å². The van der Waals surface area contributed by atoms with Crippen LogP contribution in [0.4, 0.5) is 5.69 Å². The SMILES string of the molecule is COCOc1cc(N)cc2c1[C@@H](O)O[C@@H](C)[C@H](C)C=CC(OC(=O)c1ccccc1)C1OC(C)(C)O[C@H]1CC=C2. The number of carbonyl (C=O) groups excluding carboxylic acids is 1. The number of methoxy groups -OCH3 is 1. The molecule has 2 aliphatic rings. The van der Waals surface area contributed by atoms with Crippen molar-refractivity contribution in [1.29, 1.82) is 0 Å². The second kappa shape index (κ2) is 13.0. The van der Waals surface area contributed by atoms with Crippen LogP contribution in [0, 0.1) is 5.92 Å². The highest BCUT2D eigenvalue weighted by Gasteiger charge is 2.45. The highest BCUT2D eigenvalue weighted by molar-refractivity contribution is 5.89. The molecule has 0 saturated carbocycles. The minimum absolute atomic E-state index is 0.0197. The maximum atomic E-state index is 13.0. The first-order valence-corrected chi connectivity index (χ1v) is 13.4. The van der Waals surface area contributed by atoms with Crippen molar-refractivity contribution in [2.75, 3.05) is 19.6 Å². The molecule has 216 valence electrons. The van der Waals surface area contributed by atoms with Crippen molar-refractivity contribution >= 4 is 17.7 Å². The van der Waals surface area contributed by atoms with Crippen molar-refractivity contribution in [3.05, 3.63) is 77.4 Å². The molecule has 2 unspecified atom stereocenters. The number of nitrogen functional groups attached to an aromatic ring is 1. The maximum absolute atomic E-state index is 13.0. The van der Waals surface area contributed by atoms with E-state index in [0.29, 0.717) is 34.5 Å². The van der Waals surface area contributed by atoms with E-state index in [1.807, 2.05) is 58.1 Å². The first-order valence-electron chi connectivity index (χ1n) is 13.4. The van der Waals surface area contributed by atoms with Gasteiger partial charge in [-0.2, -0.15) is 0 Å². The number of hydrogen-bond acceptors (Lipinski definition) is 9. The van der Waals surface area contributed by atoms with Crippen molar-refractivity contribution in [1.82, 2.24) is 0 Å². The van der Waals surface area contributed by atoms with Crippen LogP contribution < -0.4 is 10.5 Å². The van der Waals surface area contributed by atoms with E-state index < -0.39 is 42.5 Å². The number of aliphatic hydroxyl groups excluding tert-OH is 1. The second-order valence-corrected chi connectivity index (χ2v) is 10.5. The zero-order valence-electron chi connectivity index (χ0n) is 23.6. The van der Waals surface area contributed by atoms with Gasteiger partial charge in [0.1, 0.15) is 18.0 Å². The summed E-state index contributed by atoms with van der Waals surface area (Å²) in [6.45, 7) is 7.46. The Kier molecular flexibility index (Phi) is 9.65. The van der Waals surface area contributed by atoms with Crippen LogP contribution in [-0.4, -0.2) is 55.2 Å². The Labute approximate surface area is 235 Å². The number of aliphatic hydroxyl groups is 1. The number of carbonyl (C=O) groups is 1. The monoisotopic (exact) mass is 553 g/mol. The first-order chi connectivity index (χ1) is 19.1. The molecule has 0 aromatic heterocycles. The first kappa shape index (κ1) is 29.8. The van der Waals surface area contributed by atoms with Crippen LogP contribution in [0.1, 0.15) is 61.9 Å². The summed E-state index contributed by atoms with van der Waals surface area (Å²) in [5, 5.41) is 11.2. The van der Waals surface area contributed by atoms with Crippen LogP contribution in [0.5, 0.6) is 5.75 Å². The Morgan fingerprint density at radius 3 is 2.60 bits per heavy atom. The van der Waals surface area contributed by atoms with E-state index in [1.165, 1.54) is 7.11 Å². The zero-order valence-corrected chi connectivity index (χ0v) is 23.6. The van der Waals surface area contributed by atoms with Gasteiger partial charge in [0.25, 0.3) is 0 Å². The van der Waals surface area contributed by atoms with Crippen LogP contribution in [-0.2, 0) is 23.7 Å². The summed E-state index contributed by atoms with van der Waals surface area (Å²) in [6, 6.07) is 12.2. The van der Waals surface area contributed by atoms with Gasteiger partial charge in [-0.3, -0.25) is 0 Å². The van der Waals surface area contributed by atoms with E-state index in [-0.39, 0.29) is 12.7 Å². The van der Waals surface area contributed by atoms with Crippen molar-refractivity contribution in [2.45, 2.75) is 70.6 Å². The van der Waals surface area contributed by atoms with Crippen LogP contribution in [0.3, 0.4) is 0 Å². The van der Waals surface area contributed by atoms with Gasteiger partial charge in [-0.1, -0.05) is 43.4 Å². The molecule has 9 nitrogen and oxygen atoms in total. The summed E-state index contributed by atoms with van der Waals surface area (Å²) < 4.78 is 35.4. The van der Waals surface area contributed by atoms with E-state index in [0.717, 1.165) is 0 Å². The number of anilines is 1. The Morgan fingerprint density at radius 1 is 1.12 bits per heavy atom. The quantitative estimate of drug-likeness (QED) is 0.228. The Morgan fingerprint density at radius 2 is 1.88 bits per heavy atom. The van der Waals surface area contributed by atoms with Gasteiger partial charge >= 0.3 is 5.97 Å². The Hall–Kier alpha value is -3.21. The number of benzene rings is 2. The van der Waals surface area contributed by atoms with Gasteiger partial charge in [0.15, 0.2) is 18.9 Å². The minimum atomic E-state index is -1.30. The van der Waals surface area contributed by atoms with Crippen molar-refractivity contribution in [3.63, 3.8) is 0 Å². The zero-order chi connectivity index (χ0) is 28.9. The average Bonchev–Trinajstić information content (AvgIpc) is 3.22. The third-order valence-corrected chi connectivity index (χ3v) is 6.93. The predicted octanol–water partition coefficient (Wildman–Crippen LogP) is 5.00. The summed E-state index contributed by atoms with van der Waals surface area (Å²) in [5.74, 6) is -1.15. The van der Waals surface area contributed by atoms with Gasteiger partial charge in [0.05, 0.1) is 23.3 Å². The lowest BCUT2D eigenvalue weighted by molar-refractivity contribution is -0.153. The third-order valence-electron chi connectivity index (χ3n) is 6.93. The molecule has 0 bridgehead atoms.